The molecule has 2 rings (SSSR count). The van der Waals surface area contributed by atoms with E-state index in [1.54, 1.807) is 29.2 Å². The molecule has 1 aliphatic heterocycles. The van der Waals surface area contributed by atoms with Crippen molar-refractivity contribution in [1.82, 2.24) is 9.62 Å². The summed E-state index contributed by atoms with van der Waals surface area (Å²) in [6, 6.07) is 6.26. The summed E-state index contributed by atoms with van der Waals surface area (Å²) in [5, 5.41) is 0.869. The van der Waals surface area contributed by atoms with Crippen molar-refractivity contribution in [2.45, 2.75) is 6.42 Å². The van der Waals surface area contributed by atoms with Gasteiger partial charge in [-0.15, -0.1) is 0 Å². The Kier molecular flexibility index (Phi) is 5.74. The van der Waals surface area contributed by atoms with Crippen LogP contribution in [0, 0.1) is 5.92 Å². The molecule has 1 heterocycles. The molecular formula is C16H20N2O5S. The fraction of sp³-hybridized carbons (Fsp3) is 0.375. The standard InChI is InChI=1S/C16H20N2O5S/c1-3-24(21,22)17-10-12-8-9-18(11-12)15(19)13-4-6-14(7-5-13)16(20)23-2/h3-7,12,17H,1,8-11H2,2H3. The van der Waals surface area contributed by atoms with Crippen LogP contribution in [0.25, 0.3) is 0 Å². The largest absolute Gasteiger partial charge is 0.465 e. The number of esters is 1. The van der Waals surface area contributed by atoms with Gasteiger partial charge in [-0.1, -0.05) is 6.58 Å². The predicted octanol–water partition coefficient (Wildman–Crippen LogP) is 0.998. The van der Waals surface area contributed by atoms with E-state index in [2.05, 4.69) is 16.0 Å². The number of ether oxygens (including phenoxy) is 1. The molecule has 1 aliphatic rings. The molecule has 0 spiro atoms. The summed E-state index contributed by atoms with van der Waals surface area (Å²) in [7, 11) is -2.15. The lowest BCUT2D eigenvalue weighted by Gasteiger charge is -2.17. The summed E-state index contributed by atoms with van der Waals surface area (Å²) >= 11 is 0. The molecule has 0 aliphatic carbocycles. The lowest BCUT2D eigenvalue weighted by atomic mass is 10.1. The first-order chi connectivity index (χ1) is 11.4. The van der Waals surface area contributed by atoms with Crippen LogP contribution in [0.4, 0.5) is 0 Å². The van der Waals surface area contributed by atoms with Gasteiger partial charge >= 0.3 is 5.97 Å². The quantitative estimate of drug-likeness (QED) is 0.771. The molecule has 130 valence electrons. The van der Waals surface area contributed by atoms with Crippen LogP contribution >= 0.6 is 0 Å². The highest BCUT2D eigenvalue weighted by molar-refractivity contribution is 7.92. The zero-order valence-corrected chi connectivity index (χ0v) is 14.2. The van der Waals surface area contributed by atoms with E-state index in [0.29, 0.717) is 24.2 Å². The zero-order valence-electron chi connectivity index (χ0n) is 13.4. The Labute approximate surface area is 141 Å². The Morgan fingerprint density at radius 1 is 1.33 bits per heavy atom. The fourth-order valence-electron chi connectivity index (χ4n) is 2.53. The van der Waals surface area contributed by atoms with Crippen LogP contribution in [-0.2, 0) is 14.8 Å². The minimum Gasteiger partial charge on any atom is -0.465 e. The number of likely N-dealkylation sites (tertiary alicyclic amines) is 1. The molecule has 1 atom stereocenters. The molecule has 1 amide bonds. The molecule has 0 bridgehead atoms. The highest BCUT2D eigenvalue weighted by Crippen LogP contribution is 2.19. The van der Waals surface area contributed by atoms with E-state index in [-0.39, 0.29) is 18.4 Å². The van der Waals surface area contributed by atoms with Crippen molar-refractivity contribution in [2.75, 3.05) is 26.7 Å². The van der Waals surface area contributed by atoms with E-state index in [0.717, 1.165) is 11.8 Å². The van der Waals surface area contributed by atoms with Gasteiger partial charge in [0.1, 0.15) is 0 Å². The van der Waals surface area contributed by atoms with Crippen molar-refractivity contribution in [3.8, 4) is 0 Å². The van der Waals surface area contributed by atoms with Crippen molar-refractivity contribution < 1.29 is 22.7 Å². The SMILES string of the molecule is C=CS(=O)(=O)NCC1CCN(C(=O)c2ccc(C(=O)OC)cc2)C1. The monoisotopic (exact) mass is 352 g/mol. The van der Waals surface area contributed by atoms with Gasteiger partial charge in [0, 0.05) is 30.6 Å². The predicted molar refractivity (Wildman–Crippen MR) is 88.9 cm³/mol. The second-order valence-corrected chi connectivity index (χ2v) is 7.25. The van der Waals surface area contributed by atoms with Crippen LogP contribution in [-0.4, -0.2) is 51.9 Å². The van der Waals surface area contributed by atoms with Crippen LogP contribution in [0.15, 0.2) is 36.3 Å². The topological polar surface area (TPSA) is 92.8 Å². The molecule has 7 nitrogen and oxygen atoms in total. The van der Waals surface area contributed by atoms with E-state index in [1.807, 2.05) is 0 Å². The summed E-state index contributed by atoms with van der Waals surface area (Å²) in [5.41, 5.74) is 0.863. The molecular weight excluding hydrogens is 332 g/mol. The maximum Gasteiger partial charge on any atom is 0.337 e. The third-order valence-corrected chi connectivity index (χ3v) is 4.93. The molecule has 0 aromatic heterocycles. The second kappa shape index (κ2) is 7.59. The van der Waals surface area contributed by atoms with E-state index in [9.17, 15) is 18.0 Å². The number of amides is 1. The van der Waals surface area contributed by atoms with E-state index < -0.39 is 16.0 Å². The number of rotatable bonds is 6. The molecule has 1 unspecified atom stereocenters. The van der Waals surface area contributed by atoms with Crippen LogP contribution in [0.3, 0.4) is 0 Å². The number of methoxy groups -OCH3 is 1. The summed E-state index contributed by atoms with van der Waals surface area (Å²) < 4.78 is 29.8. The van der Waals surface area contributed by atoms with Crippen molar-refractivity contribution >= 4 is 21.9 Å². The highest BCUT2D eigenvalue weighted by Gasteiger charge is 2.27. The highest BCUT2D eigenvalue weighted by atomic mass is 32.2. The molecule has 1 saturated heterocycles. The lowest BCUT2D eigenvalue weighted by Crippen LogP contribution is -2.32. The minimum absolute atomic E-state index is 0.0676. The van der Waals surface area contributed by atoms with Gasteiger partial charge in [-0.25, -0.2) is 17.9 Å². The summed E-state index contributed by atoms with van der Waals surface area (Å²) in [6.45, 7) is 4.57. The van der Waals surface area contributed by atoms with Crippen LogP contribution < -0.4 is 4.72 Å². The van der Waals surface area contributed by atoms with Crippen molar-refractivity contribution in [3.63, 3.8) is 0 Å². The molecule has 1 aromatic carbocycles. The van der Waals surface area contributed by atoms with Gasteiger partial charge in [-0.3, -0.25) is 4.79 Å². The Morgan fingerprint density at radius 3 is 2.54 bits per heavy atom. The summed E-state index contributed by atoms with van der Waals surface area (Å²) in [6.07, 6.45) is 0.728. The molecule has 0 radical (unpaired) electrons. The fourth-order valence-corrected chi connectivity index (χ4v) is 3.11. The average molecular weight is 352 g/mol. The first-order valence-corrected chi connectivity index (χ1v) is 9.00. The number of nitrogens with one attached hydrogen (secondary N) is 1. The van der Waals surface area contributed by atoms with E-state index in [1.165, 1.54) is 7.11 Å². The van der Waals surface area contributed by atoms with Crippen LogP contribution in [0.1, 0.15) is 27.1 Å². The Balaban J connectivity index is 1.94. The number of carbonyl (C=O) groups is 2. The van der Waals surface area contributed by atoms with Crippen molar-refractivity contribution in [1.29, 1.82) is 0 Å². The Bertz CT molecular complexity index is 727. The first kappa shape index (κ1) is 18.2. The third-order valence-electron chi connectivity index (χ3n) is 3.92. The Morgan fingerprint density at radius 2 is 1.96 bits per heavy atom. The van der Waals surface area contributed by atoms with Gasteiger partial charge in [0.15, 0.2) is 0 Å². The molecule has 1 aromatic rings. The molecule has 8 heteroatoms. The number of hydrogen-bond acceptors (Lipinski definition) is 5. The van der Waals surface area contributed by atoms with Crippen molar-refractivity contribution in [2.24, 2.45) is 5.92 Å². The average Bonchev–Trinajstić information content (AvgIpc) is 3.08. The number of benzene rings is 1. The normalized spacial score (nSPS) is 17.5. The summed E-state index contributed by atoms with van der Waals surface area (Å²) in [5.74, 6) is -0.525. The molecule has 0 saturated carbocycles. The van der Waals surface area contributed by atoms with Gasteiger partial charge in [0.05, 0.1) is 12.7 Å². The zero-order chi connectivity index (χ0) is 17.7. The van der Waals surface area contributed by atoms with Gasteiger partial charge < -0.3 is 9.64 Å². The van der Waals surface area contributed by atoms with Crippen molar-refractivity contribution in [3.05, 3.63) is 47.4 Å². The maximum absolute atomic E-state index is 12.5. The van der Waals surface area contributed by atoms with E-state index >= 15 is 0 Å². The minimum atomic E-state index is -3.45. The lowest BCUT2D eigenvalue weighted by molar-refractivity contribution is 0.0600. The molecule has 1 fully saturated rings. The molecule has 1 N–H and O–H groups in total. The van der Waals surface area contributed by atoms with Gasteiger partial charge in [-0.2, -0.15) is 0 Å². The van der Waals surface area contributed by atoms with Crippen LogP contribution in [0.5, 0.6) is 0 Å². The maximum atomic E-state index is 12.5. The second-order valence-electron chi connectivity index (χ2n) is 5.53. The van der Waals surface area contributed by atoms with Crippen LogP contribution in [0.2, 0.25) is 0 Å². The third kappa shape index (κ3) is 4.42. The van der Waals surface area contributed by atoms with Gasteiger partial charge in [0.25, 0.3) is 5.91 Å². The smallest absolute Gasteiger partial charge is 0.337 e. The number of sulfonamides is 1. The van der Waals surface area contributed by atoms with Gasteiger partial charge in [0.2, 0.25) is 10.0 Å². The first-order valence-electron chi connectivity index (χ1n) is 7.46. The number of hydrogen-bond donors (Lipinski definition) is 1. The number of nitrogens with zero attached hydrogens (tertiary/aromatic N) is 1. The Hall–Kier alpha value is -2.19. The summed E-state index contributed by atoms with van der Waals surface area (Å²) in [4.78, 5) is 25.5. The molecule has 24 heavy (non-hydrogen) atoms. The van der Waals surface area contributed by atoms with Gasteiger partial charge in [-0.05, 0) is 36.6 Å². The number of carbonyl (C=O) groups excluding carboxylic acids is 2. The van der Waals surface area contributed by atoms with E-state index in [4.69, 9.17) is 0 Å².